The van der Waals surface area contributed by atoms with Crippen LogP contribution in [0.15, 0.2) is 24.3 Å². The van der Waals surface area contributed by atoms with Crippen molar-refractivity contribution in [2.75, 3.05) is 6.54 Å². The standard InChI is InChI=1S/C11H15FN2O/c1-2-3-8-13-14-11(15)9-4-6-10(12)7-5-9/h4-7,13H,2-3,8H2,1H3,(H,14,15). The minimum atomic E-state index is -0.342. The van der Waals surface area contributed by atoms with E-state index in [1.807, 2.05) is 0 Å². The van der Waals surface area contributed by atoms with Crippen molar-refractivity contribution < 1.29 is 9.18 Å². The van der Waals surface area contributed by atoms with E-state index in [4.69, 9.17) is 0 Å². The van der Waals surface area contributed by atoms with Crippen LogP contribution in [0.1, 0.15) is 30.1 Å². The predicted molar refractivity (Wildman–Crippen MR) is 56.8 cm³/mol. The zero-order valence-corrected chi connectivity index (χ0v) is 8.72. The van der Waals surface area contributed by atoms with Crippen LogP contribution >= 0.6 is 0 Å². The number of carbonyl (C=O) groups excluding carboxylic acids is 1. The monoisotopic (exact) mass is 210 g/mol. The number of hydrazine groups is 1. The number of carbonyl (C=O) groups is 1. The third-order valence-electron chi connectivity index (χ3n) is 1.96. The SMILES string of the molecule is CCCCNNC(=O)c1ccc(F)cc1. The summed E-state index contributed by atoms with van der Waals surface area (Å²) in [5.41, 5.74) is 5.79. The molecule has 0 unspecified atom stereocenters. The summed E-state index contributed by atoms with van der Waals surface area (Å²) in [6, 6.07) is 5.43. The van der Waals surface area contributed by atoms with Gasteiger partial charge in [0.1, 0.15) is 5.82 Å². The van der Waals surface area contributed by atoms with Crippen molar-refractivity contribution in [1.29, 1.82) is 0 Å². The fraction of sp³-hybridized carbons (Fsp3) is 0.364. The molecule has 0 aromatic heterocycles. The third-order valence-corrected chi connectivity index (χ3v) is 1.96. The predicted octanol–water partition coefficient (Wildman–Crippen LogP) is 1.86. The van der Waals surface area contributed by atoms with Crippen LogP contribution in [0.5, 0.6) is 0 Å². The minimum absolute atomic E-state index is 0.244. The van der Waals surface area contributed by atoms with E-state index in [0.717, 1.165) is 19.4 Å². The molecule has 0 spiro atoms. The summed E-state index contributed by atoms with van der Waals surface area (Å²) in [7, 11) is 0. The number of halogens is 1. The van der Waals surface area contributed by atoms with E-state index in [1.54, 1.807) is 0 Å². The number of hydrogen-bond acceptors (Lipinski definition) is 2. The second-order valence-corrected chi connectivity index (χ2v) is 3.24. The topological polar surface area (TPSA) is 41.1 Å². The van der Waals surface area contributed by atoms with Crippen molar-refractivity contribution in [3.63, 3.8) is 0 Å². The smallest absolute Gasteiger partial charge is 0.265 e. The first-order chi connectivity index (χ1) is 7.24. The number of unbranched alkanes of at least 4 members (excludes halogenated alkanes) is 1. The van der Waals surface area contributed by atoms with E-state index in [2.05, 4.69) is 17.8 Å². The van der Waals surface area contributed by atoms with Crippen molar-refractivity contribution >= 4 is 5.91 Å². The molecule has 82 valence electrons. The van der Waals surface area contributed by atoms with Crippen LogP contribution in [-0.2, 0) is 0 Å². The Bertz CT molecular complexity index is 311. The van der Waals surface area contributed by atoms with Crippen LogP contribution < -0.4 is 10.9 Å². The molecule has 0 heterocycles. The van der Waals surface area contributed by atoms with Gasteiger partial charge < -0.3 is 0 Å². The van der Waals surface area contributed by atoms with Gasteiger partial charge in [0.15, 0.2) is 0 Å². The molecular formula is C11H15FN2O. The highest BCUT2D eigenvalue weighted by Gasteiger charge is 2.03. The van der Waals surface area contributed by atoms with Gasteiger partial charge in [-0.25, -0.2) is 9.82 Å². The van der Waals surface area contributed by atoms with Crippen molar-refractivity contribution in [3.05, 3.63) is 35.6 Å². The molecule has 0 bridgehead atoms. The van der Waals surface area contributed by atoms with Gasteiger partial charge in [-0.15, -0.1) is 0 Å². The van der Waals surface area contributed by atoms with Crippen LogP contribution in [0.3, 0.4) is 0 Å². The summed E-state index contributed by atoms with van der Waals surface area (Å²) < 4.78 is 12.6. The average molecular weight is 210 g/mol. The molecule has 3 nitrogen and oxygen atoms in total. The first-order valence-electron chi connectivity index (χ1n) is 5.03. The Labute approximate surface area is 88.7 Å². The Kier molecular flexibility index (Phi) is 4.77. The van der Waals surface area contributed by atoms with Crippen LogP contribution in [0.25, 0.3) is 0 Å². The maximum absolute atomic E-state index is 12.6. The first kappa shape index (κ1) is 11.7. The summed E-state index contributed by atoms with van der Waals surface area (Å²) >= 11 is 0. The van der Waals surface area contributed by atoms with E-state index >= 15 is 0 Å². The fourth-order valence-corrected chi connectivity index (χ4v) is 1.08. The molecule has 1 aromatic rings. The molecule has 0 atom stereocenters. The molecule has 1 aromatic carbocycles. The highest BCUT2D eigenvalue weighted by molar-refractivity contribution is 5.93. The fourth-order valence-electron chi connectivity index (χ4n) is 1.08. The summed E-state index contributed by atoms with van der Waals surface area (Å²) in [5.74, 6) is -0.586. The molecule has 0 saturated carbocycles. The molecule has 0 aliphatic rings. The van der Waals surface area contributed by atoms with Gasteiger partial charge in [-0.1, -0.05) is 13.3 Å². The van der Waals surface area contributed by atoms with E-state index in [-0.39, 0.29) is 11.7 Å². The number of amides is 1. The summed E-state index contributed by atoms with van der Waals surface area (Å²) in [6.07, 6.45) is 2.07. The average Bonchev–Trinajstić information content (AvgIpc) is 2.25. The number of benzene rings is 1. The van der Waals surface area contributed by atoms with Crippen LogP contribution in [0, 0.1) is 5.82 Å². The molecule has 15 heavy (non-hydrogen) atoms. The largest absolute Gasteiger partial charge is 0.287 e. The Morgan fingerprint density at radius 3 is 2.60 bits per heavy atom. The summed E-state index contributed by atoms with van der Waals surface area (Å²) in [4.78, 5) is 11.4. The van der Waals surface area contributed by atoms with Crippen LogP contribution in [-0.4, -0.2) is 12.5 Å². The van der Waals surface area contributed by atoms with Crippen molar-refractivity contribution in [2.45, 2.75) is 19.8 Å². The number of rotatable bonds is 5. The maximum Gasteiger partial charge on any atom is 0.265 e. The summed E-state index contributed by atoms with van der Waals surface area (Å²) in [5, 5.41) is 0. The minimum Gasteiger partial charge on any atom is -0.287 e. The van der Waals surface area contributed by atoms with Gasteiger partial charge in [0, 0.05) is 12.1 Å². The Hall–Kier alpha value is -1.42. The van der Waals surface area contributed by atoms with Gasteiger partial charge in [-0.3, -0.25) is 10.2 Å². The third kappa shape index (κ3) is 4.08. The molecule has 0 saturated heterocycles. The van der Waals surface area contributed by atoms with Gasteiger partial charge in [0.25, 0.3) is 5.91 Å². The van der Waals surface area contributed by atoms with E-state index in [0.29, 0.717) is 5.56 Å². The lowest BCUT2D eigenvalue weighted by atomic mass is 10.2. The van der Waals surface area contributed by atoms with Gasteiger partial charge >= 0.3 is 0 Å². The molecule has 1 amide bonds. The maximum atomic E-state index is 12.6. The lowest BCUT2D eigenvalue weighted by molar-refractivity contribution is 0.0933. The molecule has 4 heteroatoms. The van der Waals surface area contributed by atoms with Crippen molar-refractivity contribution in [1.82, 2.24) is 10.9 Å². The molecule has 0 radical (unpaired) electrons. The van der Waals surface area contributed by atoms with Gasteiger partial charge in [0.2, 0.25) is 0 Å². The molecule has 1 rings (SSSR count). The molecular weight excluding hydrogens is 195 g/mol. The highest BCUT2D eigenvalue weighted by Crippen LogP contribution is 2.01. The van der Waals surface area contributed by atoms with E-state index in [1.165, 1.54) is 24.3 Å². The van der Waals surface area contributed by atoms with Crippen LogP contribution in [0.4, 0.5) is 4.39 Å². The Balaban J connectivity index is 2.37. The zero-order valence-electron chi connectivity index (χ0n) is 8.72. The second-order valence-electron chi connectivity index (χ2n) is 3.24. The first-order valence-corrected chi connectivity index (χ1v) is 5.03. The van der Waals surface area contributed by atoms with Gasteiger partial charge in [-0.2, -0.15) is 0 Å². The normalized spacial score (nSPS) is 10.0. The Morgan fingerprint density at radius 2 is 2.00 bits per heavy atom. The van der Waals surface area contributed by atoms with Gasteiger partial charge in [-0.05, 0) is 30.7 Å². The number of hydrogen-bond donors (Lipinski definition) is 2. The molecule has 0 fully saturated rings. The Morgan fingerprint density at radius 1 is 1.33 bits per heavy atom. The molecule has 0 aliphatic heterocycles. The van der Waals surface area contributed by atoms with Crippen molar-refractivity contribution in [3.8, 4) is 0 Å². The van der Waals surface area contributed by atoms with Crippen molar-refractivity contribution in [2.24, 2.45) is 0 Å². The lowest BCUT2D eigenvalue weighted by Crippen LogP contribution is -2.37. The highest BCUT2D eigenvalue weighted by atomic mass is 19.1. The zero-order chi connectivity index (χ0) is 11.1. The molecule has 2 N–H and O–H groups in total. The van der Waals surface area contributed by atoms with Crippen LogP contribution in [0.2, 0.25) is 0 Å². The van der Waals surface area contributed by atoms with Gasteiger partial charge in [0.05, 0.1) is 0 Å². The number of nitrogens with one attached hydrogen (secondary N) is 2. The second kappa shape index (κ2) is 6.14. The van der Waals surface area contributed by atoms with E-state index in [9.17, 15) is 9.18 Å². The quantitative estimate of drug-likeness (QED) is 0.575. The van der Waals surface area contributed by atoms with E-state index < -0.39 is 0 Å². The summed E-state index contributed by atoms with van der Waals surface area (Å²) in [6.45, 7) is 2.81. The molecule has 0 aliphatic carbocycles. The lowest BCUT2D eigenvalue weighted by Gasteiger charge is -2.06.